The minimum atomic E-state index is -1.27. The van der Waals surface area contributed by atoms with E-state index in [4.69, 9.17) is 42.1 Å². The van der Waals surface area contributed by atoms with Crippen LogP contribution in [0.2, 0.25) is 10.0 Å². The number of carbonyl (C=O) groups is 1. The fourth-order valence-corrected chi connectivity index (χ4v) is 7.34. The normalized spacial score (nSPS) is 19.2. The second-order valence-electron chi connectivity index (χ2n) is 15.5. The number of hydrogen-bond donors (Lipinski definition) is 0. The molecule has 4 heterocycles. The van der Waals surface area contributed by atoms with Crippen molar-refractivity contribution in [3.05, 3.63) is 112 Å². The second-order valence-corrected chi connectivity index (χ2v) is 16.3. The lowest BCUT2D eigenvalue weighted by Gasteiger charge is -2.37. The Morgan fingerprint density at radius 2 is 1.61 bits per heavy atom. The van der Waals surface area contributed by atoms with Crippen molar-refractivity contribution >= 4 is 40.5 Å². The number of hydrogen-bond acceptors (Lipinski definition) is 10. The van der Waals surface area contributed by atoms with E-state index in [-0.39, 0.29) is 44.2 Å². The molecule has 3 atom stereocenters. The van der Waals surface area contributed by atoms with Crippen LogP contribution in [0.4, 0.5) is 11.4 Å². The SMILES string of the molecule is CCC(C)n1ncn(-c2ccc(N3CCN(c4ccc(OCC5COC(Cn6c[n+](COC(=O)C(C)(C)C)cn6)(c6ccc(Cl)cc6Cl)O5)cc4)CC3)cc2)c1=O. The molecule has 2 aromatic heterocycles. The van der Waals surface area contributed by atoms with Crippen molar-refractivity contribution in [2.75, 3.05) is 49.2 Å². The summed E-state index contributed by atoms with van der Waals surface area (Å²) in [5.74, 6) is -0.866. The van der Waals surface area contributed by atoms with E-state index in [1.807, 2.05) is 38.1 Å². The topological polar surface area (TPSA) is 122 Å². The molecule has 0 amide bonds. The molecule has 0 spiro atoms. The highest BCUT2D eigenvalue weighted by atomic mass is 35.5. The molecule has 0 radical (unpaired) electrons. The number of ether oxygens (including phenoxy) is 4. The zero-order valence-corrected chi connectivity index (χ0v) is 34.4. The van der Waals surface area contributed by atoms with E-state index in [1.165, 1.54) is 4.68 Å². The highest BCUT2D eigenvalue weighted by molar-refractivity contribution is 6.35. The summed E-state index contributed by atoms with van der Waals surface area (Å²) in [6.07, 6.45) is 5.32. The fourth-order valence-electron chi connectivity index (χ4n) is 6.79. The van der Waals surface area contributed by atoms with Crippen molar-refractivity contribution in [3.8, 4) is 11.4 Å². The van der Waals surface area contributed by atoms with Gasteiger partial charge in [-0.25, -0.2) is 18.6 Å². The lowest BCUT2D eigenvalue weighted by Crippen LogP contribution is -2.46. The first-order chi connectivity index (χ1) is 27.3. The minimum absolute atomic E-state index is 0.0189. The molecule has 2 fully saturated rings. The van der Waals surface area contributed by atoms with Gasteiger partial charge in [-0.3, -0.25) is 4.79 Å². The van der Waals surface area contributed by atoms with Gasteiger partial charge in [-0.1, -0.05) is 36.2 Å². The van der Waals surface area contributed by atoms with Crippen LogP contribution in [0.5, 0.6) is 5.75 Å². The molecule has 3 unspecified atom stereocenters. The first-order valence-corrected chi connectivity index (χ1v) is 19.9. The Morgan fingerprint density at radius 1 is 0.965 bits per heavy atom. The van der Waals surface area contributed by atoms with Gasteiger partial charge in [-0.15, -0.1) is 4.68 Å². The summed E-state index contributed by atoms with van der Waals surface area (Å²) in [5.41, 5.74) is 2.92. The summed E-state index contributed by atoms with van der Waals surface area (Å²) in [7, 11) is 0. The molecule has 7 rings (SSSR count). The second kappa shape index (κ2) is 16.9. The van der Waals surface area contributed by atoms with E-state index in [0.29, 0.717) is 15.6 Å². The van der Waals surface area contributed by atoms with Crippen LogP contribution in [0.15, 0.2) is 90.5 Å². The van der Waals surface area contributed by atoms with Gasteiger partial charge in [-0.2, -0.15) is 5.10 Å². The third-order valence-corrected chi connectivity index (χ3v) is 10.8. The largest absolute Gasteiger partial charge is 0.491 e. The summed E-state index contributed by atoms with van der Waals surface area (Å²) < 4.78 is 31.0. The van der Waals surface area contributed by atoms with Crippen LogP contribution in [0.25, 0.3) is 5.69 Å². The Hall–Kier alpha value is -4.89. The maximum atomic E-state index is 12.8. The van der Waals surface area contributed by atoms with Crippen LogP contribution >= 0.6 is 23.2 Å². The zero-order valence-electron chi connectivity index (χ0n) is 32.9. The van der Waals surface area contributed by atoms with Crippen LogP contribution in [0, 0.1) is 5.41 Å². The Labute approximate surface area is 342 Å². The molecule has 2 saturated heterocycles. The van der Waals surface area contributed by atoms with E-state index >= 15 is 0 Å². The zero-order chi connectivity index (χ0) is 40.3. The van der Waals surface area contributed by atoms with E-state index < -0.39 is 17.3 Å². The molecule has 302 valence electrons. The van der Waals surface area contributed by atoms with Crippen LogP contribution in [0.3, 0.4) is 0 Å². The maximum absolute atomic E-state index is 12.8. The van der Waals surface area contributed by atoms with Crippen LogP contribution in [-0.2, 0) is 38.1 Å². The molecule has 14 nitrogen and oxygen atoms in total. The van der Waals surface area contributed by atoms with E-state index in [1.54, 1.807) is 71.8 Å². The van der Waals surface area contributed by atoms with Gasteiger partial charge in [0.2, 0.25) is 18.8 Å². The number of rotatable bonds is 13. The van der Waals surface area contributed by atoms with Crippen LogP contribution < -0.4 is 24.8 Å². The average Bonchev–Trinajstić information content (AvgIpc) is 3.94. The van der Waals surface area contributed by atoms with Gasteiger partial charge < -0.3 is 28.7 Å². The van der Waals surface area contributed by atoms with Crippen LogP contribution in [-0.4, -0.2) is 75.6 Å². The molecule has 3 aromatic carbocycles. The third-order valence-electron chi connectivity index (χ3n) is 10.3. The summed E-state index contributed by atoms with van der Waals surface area (Å²) in [4.78, 5) is 29.9. The maximum Gasteiger partial charge on any atom is 0.350 e. The molecule has 0 bridgehead atoms. The van der Waals surface area contributed by atoms with Gasteiger partial charge >= 0.3 is 11.7 Å². The van der Waals surface area contributed by atoms with E-state index in [9.17, 15) is 9.59 Å². The highest BCUT2D eigenvalue weighted by Gasteiger charge is 2.47. The predicted octanol–water partition coefficient (Wildman–Crippen LogP) is 6.02. The minimum Gasteiger partial charge on any atom is -0.491 e. The van der Waals surface area contributed by atoms with Crippen molar-refractivity contribution in [1.82, 2.24) is 24.1 Å². The number of piperazine rings is 1. The Morgan fingerprint density at radius 3 is 2.25 bits per heavy atom. The number of carbonyl (C=O) groups excluding carboxylic acids is 1. The molecule has 5 aromatic rings. The molecular weight excluding hydrogens is 771 g/mol. The number of esters is 1. The number of aromatic nitrogens is 6. The average molecular weight is 821 g/mol. The van der Waals surface area contributed by atoms with Crippen molar-refractivity contribution in [2.45, 2.75) is 72.2 Å². The van der Waals surface area contributed by atoms with Gasteiger partial charge in [0.15, 0.2) is 6.54 Å². The Bertz CT molecular complexity index is 2210. The first-order valence-electron chi connectivity index (χ1n) is 19.2. The standard InChI is InChI=1S/C41H49Cl2N8O6/c1-6-29(2)51-39(53)50(26-45-51)33-10-8-31(9-11-33)47-17-19-48(20-18-47)32-12-14-34(15-13-32)54-22-35-23-56-41(57-35,36-16-7-30(42)21-37(36)43)24-49-27-46(25-44-49)28-55-38(52)40(3,4)5/h7-16,21,25-27,29,35H,6,17-20,22-24,28H2,1-5H3/q+1. The number of benzene rings is 3. The molecule has 57 heavy (non-hydrogen) atoms. The number of anilines is 2. The number of halogens is 2. The van der Waals surface area contributed by atoms with Gasteiger partial charge in [0, 0.05) is 53.2 Å². The smallest absolute Gasteiger partial charge is 0.350 e. The van der Waals surface area contributed by atoms with Crippen molar-refractivity contribution < 1.29 is 28.3 Å². The third kappa shape index (κ3) is 9.14. The predicted molar refractivity (Wildman–Crippen MR) is 216 cm³/mol. The molecular formula is C41H49Cl2N8O6+. The molecule has 2 aliphatic rings. The summed E-state index contributed by atoms with van der Waals surface area (Å²) in [6.45, 7) is 13.6. The summed E-state index contributed by atoms with van der Waals surface area (Å²) >= 11 is 12.9. The monoisotopic (exact) mass is 819 g/mol. The molecule has 0 saturated carbocycles. The van der Waals surface area contributed by atoms with E-state index in [0.717, 1.165) is 55.4 Å². The quantitative estimate of drug-likeness (QED) is 0.103. The van der Waals surface area contributed by atoms with Crippen molar-refractivity contribution in [2.24, 2.45) is 5.41 Å². The lowest BCUT2D eigenvalue weighted by molar-refractivity contribution is -0.728. The highest BCUT2D eigenvalue weighted by Crippen LogP contribution is 2.40. The molecule has 2 aliphatic heterocycles. The summed E-state index contributed by atoms with van der Waals surface area (Å²) in [5, 5.41) is 9.65. The van der Waals surface area contributed by atoms with Gasteiger partial charge in [0.25, 0.3) is 6.33 Å². The molecule has 0 N–H and O–H groups in total. The van der Waals surface area contributed by atoms with E-state index in [2.05, 4.69) is 44.3 Å². The molecule has 16 heteroatoms. The van der Waals surface area contributed by atoms with Crippen molar-refractivity contribution in [3.63, 3.8) is 0 Å². The molecule has 0 aliphatic carbocycles. The Kier molecular flexibility index (Phi) is 12.0. The van der Waals surface area contributed by atoms with Crippen molar-refractivity contribution in [1.29, 1.82) is 0 Å². The fraction of sp³-hybridized carbons (Fsp3) is 0.439. The Balaban J connectivity index is 0.930. The van der Waals surface area contributed by atoms with Gasteiger partial charge in [0.1, 0.15) is 24.8 Å². The van der Waals surface area contributed by atoms with Gasteiger partial charge in [0.05, 0.1) is 28.8 Å². The lowest BCUT2D eigenvalue weighted by atomic mass is 9.98. The van der Waals surface area contributed by atoms with Gasteiger partial charge in [-0.05, 0) is 94.8 Å². The summed E-state index contributed by atoms with van der Waals surface area (Å²) in [6, 6.07) is 21.4. The van der Waals surface area contributed by atoms with Crippen LogP contribution in [0.1, 0.15) is 52.6 Å². The number of nitrogens with zero attached hydrogens (tertiary/aromatic N) is 8. The first kappa shape index (κ1) is 40.3.